The minimum Gasteiger partial charge on any atom is -0.399 e. The van der Waals surface area contributed by atoms with E-state index >= 15 is 0 Å². The van der Waals surface area contributed by atoms with Crippen LogP contribution >= 0.6 is 0 Å². The fourth-order valence-electron chi connectivity index (χ4n) is 2.60. The highest BCUT2D eigenvalue weighted by Crippen LogP contribution is 2.17. The Labute approximate surface area is 125 Å². The molecule has 0 bridgehead atoms. The molecule has 3 rings (SSSR count). The van der Waals surface area contributed by atoms with Crippen molar-refractivity contribution >= 4 is 16.6 Å². The summed E-state index contributed by atoms with van der Waals surface area (Å²) in [5, 5.41) is 4.84. The monoisotopic (exact) mass is 279 g/mol. The number of nitrogen functional groups attached to an aromatic ring is 1. The minimum absolute atomic E-state index is 0.825. The van der Waals surface area contributed by atoms with Crippen LogP contribution in [0.15, 0.2) is 54.7 Å². The molecule has 4 N–H and O–H groups in total. The number of anilines is 1. The quantitative estimate of drug-likeness (QED) is 0.479. The third-order valence-corrected chi connectivity index (χ3v) is 3.82. The van der Waals surface area contributed by atoms with Gasteiger partial charge in [0.1, 0.15) is 0 Å². The van der Waals surface area contributed by atoms with Gasteiger partial charge in [-0.2, -0.15) is 0 Å². The summed E-state index contributed by atoms with van der Waals surface area (Å²) in [6.07, 6.45) is 4.20. The lowest BCUT2D eigenvalue weighted by molar-refractivity contribution is 0.683. The highest BCUT2D eigenvalue weighted by molar-refractivity contribution is 5.83. The first-order valence-electron chi connectivity index (χ1n) is 7.43. The Hall–Kier alpha value is -2.26. The van der Waals surface area contributed by atoms with Crippen molar-refractivity contribution in [3.8, 4) is 0 Å². The maximum Gasteiger partial charge on any atom is 0.0456 e. The van der Waals surface area contributed by atoms with E-state index in [4.69, 9.17) is 5.73 Å². The molecule has 0 aliphatic rings. The molecule has 3 nitrogen and oxygen atoms in total. The average molecular weight is 279 g/mol. The average Bonchev–Trinajstić information content (AvgIpc) is 2.92. The Morgan fingerprint density at radius 3 is 2.52 bits per heavy atom. The van der Waals surface area contributed by atoms with Crippen LogP contribution in [0.4, 0.5) is 5.69 Å². The molecular formula is C18H21N3. The summed E-state index contributed by atoms with van der Waals surface area (Å²) < 4.78 is 0. The molecule has 2 aromatic carbocycles. The van der Waals surface area contributed by atoms with Crippen molar-refractivity contribution < 1.29 is 0 Å². The molecular weight excluding hydrogens is 258 g/mol. The van der Waals surface area contributed by atoms with Gasteiger partial charge in [-0.3, -0.25) is 0 Å². The van der Waals surface area contributed by atoms with Gasteiger partial charge in [0.25, 0.3) is 0 Å². The van der Waals surface area contributed by atoms with E-state index in [1.807, 2.05) is 12.1 Å². The van der Waals surface area contributed by atoms with Crippen LogP contribution in [-0.4, -0.2) is 18.1 Å². The third-order valence-electron chi connectivity index (χ3n) is 3.82. The molecule has 1 aromatic heterocycles. The highest BCUT2D eigenvalue weighted by atomic mass is 14.8. The summed E-state index contributed by atoms with van der Waals surface area (Å²) in [7, 11) is 0. The summed E-state index contributed by atoms with van der Waals surface area (Å²) in [5.41, 5.74) is 10.4. The summed E-state index contributed by atoms with van der Waals surface area (Å²) in [5.74, 6) is 0. The fraction of sp³-hybridized carbons (Fsp3) is 0.222. The number of aromatic amines is 1. The number of benzene rings is 2. The Kier molecular flexibility index (Phi) is 4.22. The lowest BCUT2D eigenvalue weighted by Crippen LogP contribution is -2.20. The zero-order chi connectivity index (χ0) is 14.5. The number of hydrogen-bond acceptors (Lipinski definition) is 2. The fourth-order valence-corrected chi connectivity index (χ4v) is 2.60. The maximum atomic E-state index is 5.68. The van der Waals surface area contributed by atoms with Gasteiger partial charge < -0.3 is 16.0 Å². The first-order chi connectivity index (χ1) is 10.3. The molecule has 3 aromatic rings. The first-order valence-corrected chi connectivity index (χ1v) is 7.43. The second-order valence-corrected chi connectivity index (χ2v) is 5.35. The second kappa shape index (κ2) is 6.46. The minimum atomic E-state index is 0.825. The maximum absolute atomic E-state index is 5.68. The van der Waals surface area contributed by atoms with Crippen molar-refractivity contribution in [1.82, 2.24) is 10.3 Å². The number of H-pyrrole nitrogens is 1. The predicted octanol–water partition coefficient (Wildman–Crippen LogP) is 3.12. The van der Waals surface area contributed by atoms with Crippen molar-refractivity contribution in [2.24, 2.45) is 0 Å². The van der Waals surface area contributed by atoms with E-state index in [1.54, 1.807) is 0 Å². The molecule has 0 fully saturated rings. The van der Waals surface area contributed by atoms with Gasteiger partial charge in [-0.1, -0.05) is 30.3 Å². The molecule has 0 spiro atoms. The summed E-state index contributed by atoms with van der Waals surface area (Å²) >= 11 is 0. The van der Waals surface area contributed by atoms with E-state index in [1.165, 1.54) is 22.0 Å². The van der Waals surface area contributed by atoms with E-state index < -0.39 is 0 Å². The van der Waals surface area contributed by atoms with E-state index in [2.05, 4.69) is 52.9 Å². The summed E-state index contributed by atoms with van der Waals surface area (Å²) in [4.78, 5) is 3.32. The van der Waals surface area contributed by atoms with E-state index in [-0.39, 0.29) is 0 Å². The van der Waals surface area contributed by atoms with Crippen molar-refractivity contribution in [3.63, 3.8) is 0 Å². The van der Waals surface area contributed by atoms with Crippen LogP contribution in [0.5, 0.6) is 0 Å². The Balaban J connectivity index is 1.45. The Bertz CT molecular complexity index is 698. The van der Waals surface area contributed by atoms with Crippen molar-refractivity contribution in [3.05, 3.63) is 65.9 Å². The van der Waals surface area contributed by atoms with Gasteiger partial charge in [0.15, 0.2) is 0 Å². The van der Waals surface area contributed by atoms with Crippen LogP contribution in [0.1, 0.15) is 11.1 Å². The topological polar surface area (TPSA) is 53.8 Å². The second-order valence-electron chi connectivity index (χ2n) is 5.35. The number of fused-ring (bicyclic) bond motifs is 1. The lowest BCUT2D eigenvalue weighted by atomic mass is 10.1. The number of hydrogen-bond donors (Lipinski definition) is 3. The zero-order valence-corrected chi connectivity index (χ0v) is 12.1. The molecule has 1 heterocycles. The molecule has 0 saturated carbocycles. The molecule has 0 amide bonds. The molecule has 21 heavy (non-hydrogen) atoms. The number of para-hydroxylation sites is 1. The zero-order valence-electron chi connectivity index (χ0n) is 12.1. The molecule has 0 aliphatic heterocycles. The van der Waals surface area contributed by atoms with Crippen molar-refractivity contribution in [1.29, 1.82) is 0 Å². The molecule has 0 aliphatic carbocycles. The summed E-state index contributed by atoms with van der Waals surface area (Å²) in [6, 6.07) is 16.6. The van der Waals surface area contributed by atoms with Crippen LogP contribution in [0.2, 0.25) is 0 Å². The molecule has 0 radical (unpaired) electrons. The van der Waals surface area contributed by atoms with Gasteiger partial charge in [0.2, 0.25) is 0 Å². The number of rotatable bonds is 6. The van der Waals surface area contributed by atoms with Gasteiger partial charge >= 0.3 is 0 Å². The number of aromatic nitrogens is 1. The summed E-state index contributed by atoms with van der Waals surface area (Å²) in [6.45, 7) is 1.99. The molecule has 0 saturated heterocycles. The van der Waals surface area contributed by atoms with Gasteiger partial charge in [0.05, 0.1) is 0 Å². The molecule has 3 heteroatoms. The van der Waals surface area contributed by atoms with Gasteiger partial charge in [0, 0.05) is 22.8 Å². The van der Waals surface area contributed by atoms with Crippen LogP contribution in [0, 0.1) is 0 Å². The van der Waals surface area contributed by atoms with Gasteiger partial charge in [-0.05, 0) is 55.3 Å². The van der Waals surface area contributed by atoms with Crippen molar-refractivity contribution in [2.45, 2.75) is 12.8 Å². The smallest absolute Gasteiger partial charge is 0.0456 e. The number of nitrogens with one attached hydrogen (secondary N) is 2. The molecule has 0 unspecified atom stereocenters. The van der Waals surface area contributed by atoms with E-state index in [0.717, 1.165) is 31.6 Å². The third kappa shape index (κ3) is 3.44. The predicted molar refractivity (Wildman–Crippen MR) is 89.4 cm³/mol. The van der Waals surface area contributed by atoms with Crippen molar-refractivity contribution in [2.75, 3.05) is 18.8 Å². The highest BCUT2D eigenvalue weighted by Gasteiger charge is 2.02. The molecule has 108 valence electrons. The largest absolute Gasteiger partial charge is 0.399 e. The van der Waals surface area contributed by atoms with Gasteiger partial charge in [-0.25, -0.2) is 0 Å². The van der Waals surface area contributed by atoms with Gasteiger partial charge in [-0.15, -0.1) is 0 Å². The SMILES string of the molecule is Nc1ccc(CCNCCc2c[nH]c3ccccc23)cc1. The lowest BCUT2D eigenvalue weighted by Gasteiger charge is -2.05. The normalized spacial score (nSPS) is 11.0. The van der Waals surface area contributed by atoms with Crippen LogP contribution in [0.25, 0.3) is 10.9 Å². The van der Waals surface area contributed by atoms with E-state index in [9.17, 15) is 0 Å². The number of nitrogens with two attached hydrogens (primary N) is 1. The Morgan fingerprint density at radius 2 is 1.67 bits per heavy atom. The van der Waals surface area contributed by atoms with E-state index in [0.29, 0.717) is 0 Å². The van der Waals surface area contributed by atoms with Crippen LogP contribution < -0.4 is 11.1 Å². The Morgan fingerprint density at radius 1 is 0.905 bits per heavy atom. The van der Waals surface area contributed by atoms with Crippen LogP contribution in [0.3, 0.4) is 0 Å². The van der Waals surface area contributed by atoms with Crippen LogP contribution in [-0.2, 0) is 12.8 Å². The molecule has 0 atom stereocenters. The standard InChI is InChI=1S/C18H21N3/c19-16-7-5-14(6-8-16)9-11-20-12-10-15-13-21-18-4-2-1-3-17(15)18/h1-8,13,20-21H,9-12,19H2. The first kappa shape index (κ1) is 13.7.